The summed E-state index contributed by atoms with van der Waals surface area (Å²) in [4.78, 5) is 13.4. The van der Waals surface area contributed by atoms with Crippen molar-refractivity contribution in [1.29, 1.82) is 5.41 Å². The molecule has 0 spiro atoms. The van der Waals surface area contributed by atoms with E-state index in [9.17, 15) is 4.79 Å². The molecule has 0 unspecified atom stereocenters. The highest BCUT2D eigenvalue weighted by atomic mass is 16.5. The monoisotopic (exact) mass is 159 g/mol. The van der Waals surface area contributed by atoms with E-state index in [0.29, 0.717) is 0 Å². The molecule has 0 heterocycles. The molecule has 64 valence electrons. The summed E-state index contributed by atoms with van der Waals surface area (Å²) >= 11 is 0. The average Bonchev–Trinajstić information content (AvgIpc) is 2.00. The highest BCUT2D eigenvalue weighted by Crippen LogP contribution is 1.91. The van der Waals surface area contributed by atoms with Gasteiger partial charge in [-0.25, -0.2) is 4.79 Å². The first-order chi connectivity index (χ1) is 5.00. The van der Waals surface area contributed by atoms with Crippen molar-refractivity contribution in [3.8, 4) is 0 Å². The minimum Gasteiger partial charge on any atom is -0.452 e. The maximum absolute atomic E-state index is 10.8. The van der Waals surface area contributed by atoms with Gasteiger partial charge in [-0.3, -0.25) is 10.3 Å². The van der Waals surface area contributed by atoms with Gasteiger partial charge in [0.05, 0.1) is 7.11 Å². The van der Waals surface area contributed by atoms with Crippen LogP contribution >= 0.6 is 0 Å². The van der Waals surface area contributed by atoms with Gasteiger partial charge >= 0.3 is 6.09 Å². The SMILES string of the molecule is COC(=O)N(C)C(=N)N(C)C. The Balaban J connectivity index is 4.13. The Morgan fingerprint density at radius 2 is 1.82 bits per heavy atom. The second-order valence-electron chi connectivity index (χ2n) is 2.25. The van der Waals surface area contributed by atoms with E-state index in [1.165, 1.54) is 19.1 Å². The molecule has 0 bridgehead atoms. The van der Waals surface area contributed by atoms with Gasteiger partial charge in [-0.05, 0) is 0 Å². The average molecular weight is 159 g/mol. The number of amides is 1. The van der Waals surface area contributed by atoms with Crippen LogP contribution in [0, 0.1) is 5.41 Å². The molecule has 0 atom stereocenters. The zero-order chi connectivity index (χ0) is 9.02. The molecule has 0 saturated carbocycles. The summed E-state index contributed by atoms with van der Waals surface area (Å²) in [6.45, 7) is 0. The van der Waals surface area contributed by atoms with E-state index >= 15 is 0 Å². The van der Waals surface area contributed by atoms with Crippen molar-refractivity contribution in [2.24, 2.45) is 0 Å². The topological polar surface area (TPSA) is 56.6 Å². The molecule has 5 nitrogen and oxygen atoms in total. The molecule has 0 aromatic carbocycles. The summed E-state index contributed by atoms with van der Waals surface area (Å²) in [6.07, 6.45) is -0.538. The quantitative estimate of drug-likeness (QED) is 0.405. The lowest BCUT2D eigenvalue weighted by molar-refractivity contribution is 0.149. The third-order valence-electron chi connectivity index (χ3n) is 1.19. The number of rotatable bonds is 0. The molecule has 0 rings (SSSR count). The van der Waals surface area contributed by atoms with Gasteiger partial charge in [-0.15, -0.1) is 0 Å². The lowest BCUT2D eigenvalue weighted by atomic mass is 10.7. The first-order valence-corrected chi connectivity index (χ1v) is 3.08. The number of carbonyl (C=O) groups excluding carboxylic acids is 1. The Morgan fingerprint density at radius 3 is 2.09 bits per heavy atom. The minimum absolute atomic E-state index is 0.0943. The summed E-state index contributed by atoms with van der Waals surface area (Å²) in [7, 11) is 6.12. The van der Waals surface area contributed by atoms with E-state index in [-0.39, 0.29) is 5.96 Å². The number of methoxy groups -OCH3 is 1. The fourth-order valence-electron chi connectivity index (χ4n) is 0.523. The number of carbonyl (C=O) groups is 1. The fraction of sp³-hybridized carbons (Fsp3) is 0.667. The number of guanidine groups is 1. The minimum atomic E-state index is -0.538. The van der Waals surface area contributed by atoms with Crippen molar-refractivity contribution < 1.29 is 9.53 Å². The number of nitrogens with zero attached hydrogens (tertiary/aromatic N) is 2. The van der Waals surface area contributed by atoms with Gasteiger partial charge in [0.2, 0.25) is 5.96 Å². The highest BCUT2D eigenvalue weighted by molar-refractivity contribution is 5.91. The molecular formula is C6H13N3O2. The predicted octanol–water partition coefficient (Wildman–Crippen LogP) is 0.181. The molecule has 0 aliphatic carbocycles. The molecule has 0 aromatic rings. The molecule has 0 aliphatic heterocycles. The largest absolute Gasteiger partial charge is 0.452 e. The summed E-state index contributed by atoms with van der Waals surface area (Å²) in [5.74, 6) is 0.0943. The summed E-state index contributed by atoms with van der Waals surface area (Å²) in [5.41, 5.74) is 0. The van der Waals surface area contributed by atoms with E-state index in [1.54, 1.807) is 14.1 Å². The number of hydrogen-bond donors (Lipinski definition) is 1. The summed E-state index contributed by atoms with van der Waals surface area (Å²) in [6, 6.07) is 0. The van der Waals surface area contributed by atoms with Crippen LogP contribution in [0.5, 0.6) is 0 Å². The first-order valence-electron chi connectivity index (χ1n) is 3.08. The Hall–Kier alpha value is -1.26. The Bertz CT molecular complexity index is 167. The molecular weight excluding hydrogens is 146 g/mol. The van der Waals surface area contributed by atoms with Gasteiger partial charge in [0.25, 0.3) is 0 Å². The molecule has 0 saturated heterocycles. The lowest BCUT2D eigenvalue weighted by Crippen LogP contribution is -2.40. The zero-order valence-electron chi connectivity index (χ0n) is 7.21. The maximum atomic E-state index is 10.8. The van der Waals surface area contributed by atoms with Crippen molar-refractivity contribution in [1.82, 2.24) is 9.80 Å². The van der Waals surface area contributed by atoms with E-state index in [4.69, 9.17) is 5.41 Å². The Morgan fingerprint density at radius 1 is 1.36 bits per heavy atom. The number of nitrogens with one attached hydrogen (secondary N) is 1. The number of hydrogen-bond acceptors (Lipinski definition) is 3. The third-order valence-corrected chi connectivity index (χ3v) is 1.19. The van der Waals surface area contributed by atoms with Crippen molar-refractivity contribution in [3.05, 3.63) is 0 Å². The van der Waals surface area contributed by atoms with Gasteiger partial charge in [-0.2, -0.15) is 0 Å². The Labute approximate surface area is 66.0 Å². The molecule has 1 N–H and O–H groups in total. The molecule has 0 aromatic heterocycles. The second-order valence-corrected chi connectivity index (χ2v) is 2.25. The zero-order valence-corrected chi connectivity index (χ0v) is 7.21. The highest BCUT2D eigenvalue weighted by Gasteiger charge is 2.14. The fourth-order valence-corrected chi connectivity index (χ4v) is 0.523. The van der Waals surface area contributed by atoms with Crippen LogP contribution < -0.4 is 0 Å². The number of ether oxygens (including phenoxy) is 1. The summed E-state index contributed by atoms with van der Waals surface area (Å²) < 4.78 is 4.40. The van der Waals surface area contributed by atoms with Gasteiger partial charge in [0.1, 0.15) is 0 Å². The standard InChI is InChI=1S/C6H13N3O2/c1-8(2)5(7)9(3)6(10)11-4/h7H,1-4H3. The van der Waals surface area contributed by atoms with Crippen LogP contribution in [0.25, 0.3) is 0 Å². The Kier molecular flexibility index (Phi) is 3.36. The van der Waals surface area contributed by atoms with Crippen LogP contribution in [-0.2, 0) is 4.74 Å². The smallest absolute Gasteiger partial charge is 0.416 e. The van der Waals surface area contributed by atoms with Crippen molar-refractivity contribution in [3.63, 3.8) is 0 Å². The molecule has 0 radical (unpaired) electrons. The normalized spacial score (nSPS) is 8.73. The van der Waals surface area contributed by atoms with Crippen molar-refractivity contribution in [2.75, 3.05) is 28.3 Å². The molecule has 1 amide bonds. The lowest BCUT2D eigenvalue weighted by Gasteiger charge is -2.21. The molecule has 5 heteroatoms. The van der Waals surface area contributed by atoms with Gasteiger partial charge in [-0.1, -0.05) is 0 Å². The molecule has 0 aliphatic rings. The van der Waals surface area contributed by atoms with Crippen LogP contribution in [0.3, 0.4) is 0 Å². The van der Waals surface area contributed by atoms with E-state index < -0.39 is 6.09 Å². The second kappa shape index (κ2) is 3.80. The summed E-state index contributed by atoms with van der Waals surface area (Å²) in [5, 5.41) is 7.33. The third kappa shape index (κ3) is 2.45. The van der Waals surface area contributed by atoms with E-state index in [0.717, 1.165) is 4.90 Å². The van der Waals surface area contributed by atoms with E-state index in [1.807, 2.05) is 0 Å². The van der Waals surface area contributed by atoms with Crippen LogP contribution in [0.4, 0.5) is 4.79 Å². The van der Waals surface area contributed by atoms with Crippen LogP contribution in [-0.4, -0.2) is 50.1 Å². The van der Waals surface area contributed by atoms with Crippen LogP contribution in [0.2, 0.25) is 0 Å². The van der Waals surface area contributed by atoms with Gasteiger partial charge in [0.15, 0.2) is 0 Å². The van der Waals surface area contributed by atoms with Crippen LogP contribution in [0.15, 0.2) is 0 Å². The van der Waals surface area contributed by atoms with Gasteiger partial charge in [0, 0.05) is 21.1 Å². The van der Waals surface area contributed by atoms with Gasteiger partial charge < -0.3 is 9.64 Å². The van der Waals surface area contributed by atoms with Crippen molar-refractivity contribution >= 4 is 12.1 Å². The first kappa shape index (κ1) is 9.74. The predicted molar refractivity (Wildman–Crippen MR) is 41.6 cm³/mol. The van der Waals surface area contributed by atoms with E-state index in [2.05, 4.69) is 4.74 Å². The maximum Gasteiger partial charge on any atom is 0.416 e. The molecule has 0 fully saturated rings. The van der Waals surface area contributed by atoms with Crippen LogP contribution in [0.1, 0.15) is 0 Å². The molecule has 11 heavy (non-hydrogen) atoms. The van der Waals surface area contributed by atoms with Crippen molar-refractivity contribution in [2.45, 2.75) is 0 Å².